The van der Waals surface area contributed by atoms with Crippen LogP contribution in [0.5, 0.6) is 0 Å². The average molecular weight is 330 g/mol. The molecule has 0 radical (unpaired) electrons. The van der Waals surface area contributed by atoms with E-state index in [9.17, 15) is 4.39 Å². The highest BCUT2D eigenvalue weighted by Gasteiger charge is 2.26. The molecule has 2 aromatic heterocycles. The largest absolute Gasteiger partial charge is 0.423 e. The van der Waals surface area contributed by atoms with Crippen molar-refractivity contribution in [3.05, 3.63) is 29.8 Å². The van der Waals surface area contributed by atoms with Crippen molar-refractivity contribution in [2.24, 2.45) is 0 Å². The first-order chi connectivity index (χ1) is 11.6. The van der Waals surface area contributed by atoms with E-state index in [1.807, 2.05) is 19.0 Å². The number of anilines is 2. The van der Waals surface area contributed by atoms with Gasteiger partial charge in [0.1, 0.15) is 11.3 Å². The van der Waals surface area contributed by atoms with Gasteiger partial charge in [0.25, 0.3) is 6.01 Å². The SMILES string of the molecule is CN(C)c1n[nH]c(C2CCN(c3nc4c(F)cccc4o3)CC2)n1. The minimum atomic E-state index is -0.352. The van der Waals surface area contributed by atoms with E-state index in [4.69, 9.17) is 4.42 Å². The van der Waals surface area contributed by atoms with Crippen LogP contribution in [0, 0.1) is 5.82 Å². The van der Waals surface area contributed by atoms with Gasteiger partial charge in [-0.1, -0.05) is 6.07 Å². The molecule has 4 rings (SSSR count). The van der Waals surface area contributed by atoms with E-state index < -0.39 is 0 Å². The van der Waals surface area contributed by atoms with Crippen LogP contribution in [0.2, 0.25) is 0 Å². The van der Waals surface area contributed by atoms with Crippen molar-refractivity contribution in [1.82, 2.24) is 20.2 Å². The third-order valence-electron chi connectivity index (χ3n) is 4.40. The van der Waals surface area contributed by atoms with Gasteiger partial charge in [-0.2, -0.15) is 9.97 Å². The van der Waals surface area contributed by atoms with Crippen LogP contribution in [0.3, 0.4) is 0 Å². The number of oxazole rings is 1. The molecule has 8 heteroatoms. The predicted octanol–water partition coefficient (Wildman–Crippen LogP) is 2.54. The number of hydrogen-bond donors (Lipinski definition) is 1. The summed E-state index contributed by atoms with van der Waals surface area (Å²) in [6.07, 6.45) is 1.84. The van der Waals surface area contributed by atoms with Crippen molar-refractivity contribution in [1.29, 1.82) is 0 Å². The van der Waals surface area contributed by atoms with Gasteiger partial charge in [0.05, 0.1) is 0 Å². The van der Waals surface area contributed by atoms with Crippen LogP contribution in [-0.2, 0) is 0 Å². The van der Waals surface area contributed by atoms with Crippen LogP contribution in [-0.4, -0.2) is 47.4 Å². The maximum Gasteiger partial charge on any atom is 0.298 e. The van der Waals surface area contributed by atoms with E-state index in [1.165, 1.54) is 6.07 Å². The molecule has 1 N–H and O–H groups in total. The van der Waals surface area contributed by atoms with Gasteiger partial charge in [-0.3, -0.25) is 5.10 Å². The van der Waals surface area contributed by atoms with Crippen LogP contribution >= 0.6 is 0 Å². The summed E-state index contributed by atoms with van der Waals surface area (Å²) in [6, 6.07) is 5.25. The predicted molar refractivity (Wildman–Crippen MR) is 88.9 cm³/mol. The van der Waals surface area contributed by atoms with E-state index in [2.05, 4.69) is 25.1 Å². The highest BCUT2D eigenvalue weighted by molar-refractivity contribution is 5.75. The molecule has 0 amide bonds. The number of aromatic amines is 1. The van der Waals surface area contributed by atoms with Gasteiger partial charge in [-0.25, -0.2) is 4.39 Å². The molecule has 1 aliphatic heterocycles. The molecule has 1 saturated heterocycles. The number of aromatic nitrogens is 4. The maximum atomic E-state index is 13.8. The third-order valence-corrected chi connectivity index (χ3v) is 4.40. The molecule has 1 fully saturated rings. The summed E-state index contributed by atoms with van der Waals surface area (Å²) < 4.78 is 19.5. The quantitative estimate of drug-likeness (QED) is 0.795. The molecule has 0 spiro atoms. The zero-order valence-electron chi connectivity index (χ0n) is 13.7. The van der Waals surface area contributed by atoms with Gasteiger partial charge >= 0.3 is 0 Å². The van der Waals surface area contributed by atoms with Crippen LogP contribution in [0.4, 0.5) is 16.4 Å². The second-order valence-electron chi connectivity index (χ2n) is 6.26. The molecular weight excluding hydrogens is 311 g/mol. The molecule has 1 aliphatic rings. The Labute approximate surface area is 138 Å². The zero-order chi connectivity index (χ0) is 16.7. The summed E-state index contributed by atoms with van der Waals surface area (Å²) in [7, 11) is 3.84. The van der Waals surface area contributed by atoms with Crippen LogP contribution in [0.1, 0.15) is 24.6 Å². The first-order valence-corrected chi connectivity index (χ1v) is 8.01. The maximum absolute atomic E-state index is 13.8. The smallest absolute Gasteiger partial charge is 0.298 e. The first-order valence-electron chi connectivity index (χ1n) is 8.01. The van der Waals surface area contributed by atoms with Crippen molar-refractivity contribution in [3.63, 3.8) is 0 Å². The summed E-state index contributed by atoms with van der Waals surface area (Å²) in [6.45, 7) is 1.58. The number of halogens is 1. The summed E-state index contributed by atoms with van der Waals surface area (Å²) in [5.74, 6) is 1.60. The Bertz CT molecular complexity index is 849. The van der Waals surface area contributed by atoms with Crippen LogP contribution < -0.4 is 9.80 Å². The van der Waals surface area contributed by atoms with E-state index in [0.29, 0.717) is 29.0 Å². The van der Waals surface area contributed by atoms with Crippen molar-refractivity contribution in [2.75, 3.05) is 37.0 Å². The molecule has 7 nitrogen and oxygen atoms in total. The highest BCUT2D eigenvalue weighted by Crippen LogP contribution is 2.31. The topological polar surface area (TPSA) is 74.1 Å². The second kappa shape index (κ2) is 5.77. The van der Waals surface area contributed by atoms with E-state index in [0.717, 1.165) is 31.8 Å². The Morgan fingerprint density at radius 1 is 1.25 bits per heavy atom. The van der Waals surface area contributed by atoms with Crippen molar-refractivity contribution < 1.29 is 8.81 Å². The average Bonchev–Trinajstić information content (AvgIpc) is 3.23. The number of fused-ring (bicyclic) bond motifs is 1. The van der Waals surface area contributed by atoms with Crippen molar-refractivity contribution in [3.8, 4) is 0 Å². The zero-order valence-corrected chi connectivity index (χ0v) is 13.7. The monoisotopic (exact) mass is 330 g/mol. The molecule has 0 unspecified atom stereocenters. The lowest BCUT2D eigenvalue weighted by Gasteiger charge is -2.29. The summed E-state index contributed by atoms with van der Waals surface area (Å²) in [5.41, 5.74) is 0.776. The normalized spacial score (nSPS) is 16.0. The standard InChI is InChI=1S/C16H19FN6O/c1-22(2)15-19-14(20-21-15)10-6-8-23(9-7-10)16-18-13-11(17)4-3-5-12(13)24-16/h3-5,10H,6-9H2,1-2H3,(H,19,20,21). The Kier molecular flexibility index (Phi) is 3.59. The van der Waals surface area contributed by atoms with E-state index in [1.54, 1.807) is 12.1 Å². The fraction of sp³-hybridized carbons (Fsp3) is 0.438. The number of hydrogen-bond acceptors (Lipinski definition) is 6. The fourth-order valence-corrected chi connectivity index (χ4v) is 3.03. The van der Waals surface area contributed by atoms with E-state index in [-0.39, 0.29) is 5.82 Å². The molecule has 24 heavy (non-hydrogen) atoms. The van der Waals surface area contributed by atoms with E-state index >= 15 is 0 Å². The Morgan fingerprint density at radius 2 is 2.04 bits per heavy atom. The van der Waals surface area contributed by atoms with Crippen molar-refractivity contribution in [2.45, 2.75) is 18.8 Å². The molecule has 0 aliphatic carbocycles. The van der Waals surface area contributed by atoms with Gasteiger partial charge in [0.15, 0.2) is 11.4 Å². The fourth-order valence-electron chi connectivity index (χ4n) is 3.03. The van der Waals surface area contributed by atoms with Gasteiger partial charge in [0.2, 0.25) is 5.95 Å². The van der Waals surface area contributed by atoms with Gasteiger partial charge < -0.3 is 14.2 Å². The van der Waals surface area contributed by atoms with Gasteiger partial charge in [0, 0.05) is 33.1 Å². The van der Waals surface area contributed by atoms with Crippen molar-refractivity contribution >= 4 is 23.1 Å². The lowest BCUT2D eigenvalue weighted by Crippen LogP contribution is -2.33. The number of benzene rings is 1. The minimum absolute atomic E-state index is 0.292. The molecule has 0 bridgehead atoms. The van der Waals surface area contributed by atoms with Gasteiger partial charge in [-0.05, 0) is 25.0 Å². The Hall–Kier alpha value is -2.64. The number of nitrogens with one attached hydrogen (secondary N) is 1. The molecule has 126 valence electrons. The number of para-hydroxylation sites is 1. The lowest BCUT2D eigenvalue weighted by molar-refractivity contribution is 0.456. The van der Waals surface area contributed by atoms with Crippen LogP contribution in [0.25, 0.3) is 11.1 Å². The highest BCUT2D eigenvalue weighted by atomic mass is 19.1. The minimum Gasteiger partial charge on any atom is -0.423 e. The molecule has 1 aromatic carbocycles. The molecule has 0 saturated carbocycles. The number of H-pyrrole nitrogens is 1. The van der Waals surface area contributed by atoms with Gasteiger partial charge in [-0.15, -0.1) is 5.10 Å². The molecular formula is C16H19FN6O. The first kappa shape index (κ1) is 14.9. The summed E-state index contributed by atoms with van der Waals surface area (Å²) >= 11 is 0. The molecule has 0 atom stereocenters. The number of piperidine rings is 1. The van der Waals surface area contributed by atoms with Crippen LogP contribution in [0.15, 0.2) is 22.6 Å². The second-order valence-corrected chi connectivity index (χ2v) is 6.26. The summed E-state index contributed by atoms with van der Waals surface area (Å²) in [5, 5.41) is 7.24. The lowest BCUT2D eigenvalue weighted by atomic mass is 9.96. The summed E-state index contributed by atoms with van der Waals surface area (Å²) in [4.78, 5) is 12.8. The number of rotatable bonds is 3. The Morgan fingerprint density at radius 3 is 2.71 bits per heavy atom. The number of nitrogens with zero attached hydrogens (tertiary/aromatic N) is 5. The molecule has 3 aromatic rings. The molecule has 3 heterocycles. The Balaban J connectivity index is 1.47. The third kappa shape index (κ3) is 2.57.